The molecular weight excluding hydrogens is 346 g/mol. The van der Waals surface area contributed by atoms with Crippen molar-refractivity contribution in [2.24, 2.45) is 0 Å². The zero-order chi connectivity index (χ0) is 19.7. The molecule has 0 bridgehead atoms. The molecule has 27 heavy (non-hydrogen) atoms. The van der Waals surface area contributed by atoms with Crippen molar-refractivity contribution >= 4 is 12.7 Å². The van der Waals surface area contributed by atoms with Gasteiger partial charge in [0.05, 0.1) is 26.2 Å². The van der Waals surface area contributed by atoms with Crippen LogP contribution in [0.25, 0.3) is 0 Å². The number of hydrogen-bond donors (Lipinski definition) is 0. The Morgan fingerprint density at radius 1 is 0.667 bits per heavy atom. The van der Waals surface area contributed by atoms with Gasteiger partial charge in [-0.05, 0) is 31.1 Å². The highest BCUT2D eigenvalue weighted by Gasteiger charge is 2.24. The maximum atomic E-state index is 11.8. The van der Waals surface area contributed by atoms with Crippen LogP contribution in [0.3, 0.4) is 0 Å². The minimum Gasteiger partial charge on any atom is -1.00 e. The molecule has 0 spiro atoms. The van der Waals surface area contributed by atoms with E-state index in [1.165, 1.54) is 94.2 Å². The molecule has 1 aromatic rings. The van der Waals surface area contributed by atoms with Gasteiger partial charge in [0.2, 0.25) is 0 Å². The van der Waals surface area contributed by atoms with Gasteiger partial charge in [0, 0.05) is 0 Å². The first-order valence-electron chi connectivity index (χ1n) is 10.7. The van der Waals surface area contributed by atoms with Gasteiger partial charge in [-0.2, -0.15) is 0 Å². The molecule has 0 fully saturated rings. The van der Waals surface area contributed by atoms with Crippen LogP contribution in [0.2, 0.25) is 0 Å². The summed E-state index contributed by atoms with van der Waals surface area (Å²) in [5.41, 5.74) is 0.0810. The van der Waals surface area contributed by atoms with Crippen molar-refractivity contribution in [3.63, 3.8) is 0 Å². The molecule has 0 aliphatic rings. The largest absolute Gasteiger partial charge is 1.00 e. The van der Waals surface area contributed by atoms with Crippen molar-refractivity contribution < 1.29 is 17.8 Å². The van der Waals surface area contributed by atoms with Crippen LogP contribution >= 0.6 is 0 Å². The van der Waals surface area contributed by atoms with Gasteiger partial charge in [0.1, 0.15) is 0 Å². The van der Waals surface area contributed by atoms with E-state index < -0.39 is 7.27 Å². The number of rotatable bonds is 13. The molecule has 0 aliphatic heterocycles. The predicted octanol–water partition coefficient (Wildman–Crippen LogP) is 3.33. The Balaban J connectivity index is 0. The smallest absolute Gasteiger partial charge is 0.571 e. The van der Waals surface area contributed by atoms with E-state index in [4.69, 9.17) is 0 Å². The van der Waals surface area contributed by atoms with E-state index in [1.807, 2.05) is 0 Å². The zero-order valence-electron chi connectivity index (χ0n) is 18.0. The standard InChI is InChI=1S/C16H36N.C6H5BF2.FH/c1-5-9-13-17(14-10-6-2,15-11-7-3)16-12-8-4;8-7(9)6-4-2-1-3-5-6;/h5-16H2,1-4H3;1-5H;1H/q+1;;/p-1. The molecule has 0 radical (unpaired) electrons. The first-order valence-corrected chi connectivity index (χ1v) is 10.7. The second kappa shape index (κ2) is 18.4. The average molecular weight is 387 g/mol. The van der Waals surface area contributed by atoms with E-state index in [-0.39, 0.29) is 10.2 Å². The normalized spacial score (nSPS) is 10.6. The van der Waals surface area contributed by atoms with E-state index in [9.17, 15) is 8.63 Å². The van der Waals surface area contributed by atoms with E-state index in [0.29, 0.717) is 0 Å². The summed E-state index contributed by atoms with van der Waals surface area (Å²) in [4.78, 5) is 0. The van der Waals surface area contributed by atoms with Crippen molar-refractivity contribution in [1.29, 1.82) is 0 Å². The molecule has 0 unspecified atom stereocenters. The van der Waals surface area contributed by atoms with Gasteiger partial charge in [-0.25, -0.2) is 0 Å². The summed E-state index contributed by atoms with van der Waals surface area (Å²) < 4.78 is 25.0. The number of hydrogen-bond acceptors (Lipinski definition) is 0. The van der Waals surface area contributed by atoms with Crippen LogP contribution in [0.5, 0.6) is 0 Å². The summed E-state index contributed by atoms with van der Waals surface area (Å²) in [6.45, 7) is 15.0. The Labute approximate surface area is 166 Å². The molecule has 0 atom stereocenters. The SMILES string of the molecule is CCCC[N+](CCCC)(CCCC)CCCC.FB(F)c1ccccc1.[F-]. The summed E-state index contributed by atoms with van der Waals surface area (Å²) in [6.07, 6.45) is 11.1. The summed E-state index contributed by atoms with van der Waals surface area (Å²) in [6, 6.07) is 7.73. The van der Waals surface area contributed by atoms with Crippen LogP contribution in [-0.2, 0) is 0 Å². The molecule has 5 heteroatoms. The molecule has 0 heterocycles. The Bertz CT molecular complexity index is 378. The monoisotopic (exact) mass is 387 g/mol. The number of benzene rings is 1. The van der Waals surface area contributed by atoms with Crippen LogP contribution in [0.4, 0.5) is 8.63 Å². The predicted molar refractivity (Wildman–Crippen MR) is 113 cm³/mol. The summed E-state index contributed by atoms with van der Waals surface area (Å²) in [5.74, 6) is 0. The fourth-order valence-corrected chi connectivity index (χ4v) is 3.24. The van der Waals surface area contributed by atoms with Gasteiger partial charge >= 0.3 is 7.27 Å². The van der Waals surface area contributed by atoms with Gasteiger partial charge in [0.15, 0.2) is 0 Å². The lowest BCUT2D eigenvalue weighted by atomic mass is 9.86. The van der Waals surface area contributed by atoms with Crippen LogP contribution in [0.1, 0.15) is 79.1 Å². The van der Waals surface area contributed by atoms with Gasteiger partial charge in [0.25, 0.3) is 0 Å². The molecule has 0 N–H and O–H groups in total. The van der Waals surface area contributed by atoms with Crippen molar-refractivity contribution in [1.82, 2.24) is 0 Å². The lowest BCUT2D eigenvalue weighted by molar-refractivity contribution is -0.929. The average Bonchev–Trinajstić information content (AvgIpc) is 2.68. The Hall–Kier alpha value is -0.965. The summed E-state index contributed by atoms with van der Waals surface area (Å²) in [7, 11) is -2.34. The molecular formula is C22H41BF3N. The van der Waals surface area contributed by atoms with Crippen molar-refractivity contribution in [2.45, 2.75) is 79.1 Å². The van der Waals surface area contributed by atoms with E-state index in [1.54, 1.807) is 18.2 Å². The quantitative estimate of drug-likeness (QED) is 0.360. The second-order valence-electron chi connectivity index (χ2n) is 7.36. The summed E-state index contributed by atoms with van der Waals surface area (Å²) in [5, 5.41) is 0. The highest BCUT2D eigenvalue weighted by Crippen LogP contribution is 2.16. The Morgan fingerprint density at radius 2 is 1.00 bits per heavy atom. The topological polar surface area (TPSA) is 0 Å². The first kappa shape index (κ1) is 28.2. The van der Waals surface area contributed by atoms with Crippen LogP contribution in [0, 0.1) is 0 Å². The van der Waals surface area contributed by atoms with E-state index in [0.717, 1.165) is 0 Å². The molecule has 0 aliphatic carbocycles. The van der Waals surface area contributed by atoms with Crippen LogP contribution in [0.15, 0.2) is 30.3 Å². The van der Waals surface area contributed by atoms with E-state index >= 15 is 0 Å². The highest BCUT2D eigenvalue weighted by molar-refractivity contribution is 6.59. The lowest BCUT2D eigenvalue weighted by Gasteiger charge is -2.39. The minimum atomic E-state index is -2.34. The molecule has 1 nitrogen and oxygen atoms in total. The number of unbranched alkanes of at least 4 members (excludes halogenated alkanes) is 4. The second-order valence-corrected chi connectivity index (χ2v) is 7.36. The maximum absolute atomic E-state index is 11.8. The molecule has 0 amide bonds. The molecule has 0 saturated heterocycles. The molecule has 1 aromatic carbocycles. The third-order valence-corrected chi connectivity index (χ3v) is 5.00. The van der Waals surface area contributed by atoms with Gasteiger partial charge in [-0.3, -0.25) is 8.63 Å². The zero-order valence-corrected chi connectivity index (χ0v) is 18.0. The fourth-order valence-electron chi connectivity index (χ4n) is 3.24. The Kier molecular flexibility index (Phi) is 19.3. The lowest BCUT2D eigenvalue weighted by Crippen LogP contribution is -3.00. The number of quaternary nitrogens is 1. The summed E-state index contributed by atoms with van der Waals surface area (Å²) >= 11 is 0. The fraction of sp³-hybridized carbons (Fsp3) is 0.727. The maximum Gasteiger partial charge on any atom is 0.571 e. The van der Waals surface area contributed by atoms with Crippen molar-refractivity contribution in [3.05, 3.63) is 30.3 Å². The van der Waals surface area contributed by atoms with Gasteiger partial charge in [-0.15, -0.1) is 0 Å². The van der Waals surface area contributed by atoms with E-state index in [2.05, 4.69) is 27.7 Å². The highest BCUT2D eigenvalue weighted by atomic mass is 19.2. The molecule has 0 saturated carbocycles. The van der Waals surface area contributed by atoms with Crippen molar-refractivity contribution in [2.75, 3.05) is 26.2 Å². The van der Waals surface area contributed by atoms with Gasteiger partial charge < -0.3 is 9.19 Å². The molecule has 0 aromatic heterocycles. The number of halogens is 3. The van der Waals surface area contributed by atoms with Gasteiger partial charge in [-0.1, -0.05) is 83.7 Å². The van der Waals surface area contributed by atoms with Crippen LogP contribution in [-0.4, -0.2) is 37.9 Å². The van der Waals surface area contributed by atoms with Crippen LogP contribution < -0.4 is 10.2 Å². The third-order valence-electron chi connectivity index (χ3n) is 5.00. The first-order chi connectivity index (χ1) is 12.5. The molecule has 1 rings (SSSR count). The molecule has 158 valence electrons. The minimum absolute atomic E-state index is 0. The number of nitrogens with zero attached hydrogens (tertiary/aromatic N) is 1. The Morgan fingerprint density at radius 3 is 1.22 bits per heavy atom. The van der Waals surface area contributed by atoms with Crippen molar-refractivity contribution in [3.8, 4) is 0 Å². The third kappa shape index (κ3) is 13.8.